The van der Waals surface area contributed by atoms with Crippen LogP contribution >= 0.6 is 11.3 Å². The van der Waals surface area contributed by atoms with Crippen molar-refractivity contribution in [2.75, 3.05) is 13.1 Å². The minimum Gasteiger partial charge on any atom is -0.355 e. The number of amides is 2. The minimum absolute atomic E-state index is 0.108. The maximum Gasteiger partial charge on any atom is 0.271 e. The Kier molecular flexibility index (Phi) is 6.98. The molecule has 2 amide bonds. The third kappa shape index (κ3) is 4.88. The Hall–Kier alpha value is -2.93. The highest BCUT2D eigenvalue weighted by atomic mass is 32.1. The van der Waals surface area contributed by atoms with Crippen LogP contribution in [0, 0.1) is 5.92 Å². The van der Waals surface area contributed by atoms with Crippen LogP contribution in [0.2, 0.25) is 0 Å². The second-order valence-corrected chi connectivity index (χ2v) is 9.93. The summed E-state index contributed by atoms with van der Waals surface area (Å²) in [4.78, 5) is 30.1. The van der Waals surface area contributed by atoms with Crippen LogP contribution < -0.4 is 10.6 Å². The molecule has 0 fully saturated rings. The van der Waals surface area contributed by atoms with Crippen LogP contribution in [0.15, 0.2) is 29.6 Å². The molecule has 33 heavy (non-hydrogen) atoms. The van der Waals surface area contributed by atoms with Crippen molar-refractivity contribution >= 4 is 23.2 Å². The molecular formula is C26H32N4O2S. The second-order valence-electron chi connectivity index (χ2n) is 8.98. The molecule has 2 aromatic heterocycles. The molecular weight excluding hydrogens is 432 g/mol. The zero-order chi connectivity index (χ0) is 23.5. The van der Waals surface area contributed by atoms with E-state index < -0.39 is 0 Å². The summed E-state index contributed by atoms with van der Waals surface area (Å²) in [5.41, 5.74) is 6.71. The first-order chi connectivity index (χ1) is 15.9. The highest BCUT2D eigenvalue weighted by Gasteiger charge is 2.29. The summed E-state index contributed by atoms with van der Waals surface area (Å²) < 4.78 is 2.21. The van der Waals surface area contributed by atoms with Crippen molar-refractivity contribution in [2.45, 2.75) is 53.4 Å². The topological polar surface area (TPSA) is 76.0 Å². The molecule has 0 unspecified atom stereocenters. The summed E-state index contributed by atoms with van der Waals surface area (Å²) in [6.07, 6.45) is 3.72. The van der Waals surface area contributed by atoms with Gasteiger partial charge in [0.25, 0.3) is 5.91 Å². The van der Waals surface area contributed by atoms with Crippen LogP contribution in [0.1, 0.15) is 60.6 Å². The zero-order valence-electron chi connectivity index (χ0n) is 19.8. The van der Waals surface area contributed by atoms with E-state index >= 15 is 0 Å². The summed E-state index contributed by atoms with van der Waals surface area (Å²) >= 11 is 1.63. The van der Waals surface area contributed by atoms with Crippen molar-refractivity contribution in [1.29, 1.82) is 0 Å². The van der Waals surface area contributed by atoms with Gasteiger partial charge in [0, 0.05) is 20.0 Å². The largest absolute Gasteiger partial charge is 0.355 e. The van der Waals surface area contributed by atoms with Gasteiger partial charge in [0.2, 0.25) is 5.91 Å². The third-order valence-corrected chi connectivity index (χ3v) is 6.86. The monoisotopic (exact) mass is 464 g/mol. The summed E-state index contributed by atoms with van der Waals surface area (Å²) in [5, 5.41) is 7.67. The maximum atomic E-state index is 13.1. The van der Waals surface area contributed by atoms with E-state index in [2.05, 4.69) is 54.2 Å². The first-order valence-electron chi connectivity index (χ1n) is 11.7. The Bertz CT molecular complexity index is 1160. The number of aryl methyl sites for hydroxylation is 2. The van der Waals surface area contributed by atoms with Crippen molar-refractivity contribution < 1.29 is 9.59 Å². The number of hydrogen-bond acceptors (Lipinski definition) is 4. The van der Waals surface area contributed by atoms with Gasteiger partial charge >= 0.3 is 0 Å². The van der Waals surface area contributed by atoms with Gasteiger partial charge in [-0.25, -0.2) is 4.98 Å². The van der Waals surface area contributed by atoms with Crippen LogP contribution in [0.25, 0.3) is 16.4 Å². The van der Waals surface area contributed by atoms with Gasteiger partial charge in [-0.15, -0.1) is 11.3 Å². The maximum absolute atomic E-state index is 13.1. The zero-order valence-corrected chi connectivity index (χ0v) is 20.6. The molecule has 1 aliphatic heterocycles. The van der Waals surface area contributed by atoms with E-state index in [0.717, 1.165) is 47.8 Å². The number of imidazole rings is 1. The van der Waals surface area contributed by atoms with E-state index in [1.807, 2.05) is 11.4 Å². The molecule has 3 heterocycles. The number of nitrogens with one attached hydrogen (secondary N) is 2. The van der Waals surface area contributed by atoms with Gasteiger partial charge in [0.05, 0.1) is 16.3 Å². The molecule has 6 nitrogen and oxygen atoms in total. The van der Waals surface area contributed by atoms with Crippen molar-refractivity contribution in [1.82, 2.24) is 20.2 Å². The Morgan fingerprint density at radius 2 is 1.94 bits per heavy atom. The number of aromatic nitrogens is 2. The van der Waals surface area contributed by atoms with E-state index in [9.17, 15) is 9.59 Å². The lowest BCUT2D eigenvalue weighted by molar-refractivity contribution is -0.118. The van der Waals surface area contributed by atoms with E-state index in [4.69, 9.17) is 4.98 Å². The van der Waals surface area contributed by atoms with Crippen molar-refractivity contribution in [3.05, 3.63) is 57.7 Å². The van der Waals surface area contributed by atoms with Crippen LogP contribution in [-0.2, 0) is 30.5 Å². The Balaban J connectivity index is 1.78. The Labute approximate surface area is 199 Å². The fourth-order valence-corrected chi connectivity index (χ4v) is 5.25. The molecule has 0 spiro atoms. The van der Waals surface area contributed by atoms with Crippen molar-refractivity contribution in [3.8, 4) is 16.4 Å². The number of nitrogens with zero attached hydrogens (tertiary/aromatic N) is 2. The smallest absolute Gasteiger partial charge is 0.271 e. The molecule has 4 rings (SSSR count). The van der Waals surface area contributed by atoms with Crippen LogP contribution in [0.3, 0.4) is 0 Å². The highest BCUT2D eigenvalue weighted by molar-refractivity contribution is 7.13. The lowest BCUT2D eigenvalue weighted by Crippen LogP contribution is -2.34. The van der Waals surface area contributed by atoms with Gasteiger partial charge in [-0.2, -0.15) is 0 Å². The summed E-state index contributed by atoms with van der Waals surface area (Å²) in [6.45, 7) is 8.96. The first kappa shape index (κ1) is 23.2. The van der Waals surface area contributed by atoms with Gasteiger partial charge in [-0.05, 0) is 65.8 Å². The van der Waals surface area contributed by atoms with Crippen molar-refractivity contribution in [2.24, 2.45) is 5.92 Å². The van der Waals surface area contributed by atoms with Crippen LogP contribution in [0.4, 0.5) is 0 Å². The molecule has 174 valence electrons. The number of hydrogen-bond donors (Lipinski definition) is 2. The predicted molar refractivity (Wildman–Crippen MR) is 133 cm³/mol. The van der Waals surface area contributed by atoms with Crippen LogP contribution in [-0.4, -0.2) is 34.5 Å². The van der Waals surface area contributed by atoms with Crippen molar-refractivity contribution in [3.63, 3.8) is 0 Å². The molecule has 7 heteroatoms. The van der Waals surface area contributed by atoms with E-state index in [1.165, 1.54) is 23.6 Å². The molecule has 1 aromatic carbocycles. The van der Waals surface area contributed by atoms with Gasteiger partial charge in [0.1, 0.15) is 5.69 Å². The predicted octanol–water partition coefficient (Wildman–Crippen LogP) is 4.33. The summed E-state index contributed by atoms with van der Waals surface area (Å²) in [6, 6.07) is 8.76. The average Bonchev–Trinajstić information content (AvgIpc) is 3.43. The fourth-order valence-electron chi connectivity index (χ4n) is 4.54. The van der Waals surface area contributed by atoms with Gasteiger partial charge in [-0.3, -0.25) is 14.2 Å². The standard InChI is InChI=1S/C26H32N4O2S/c1-5-18-14-19-8-9-21-24(26(32)28-11-10-27-17(4)31)29-25(23-7-6-12-33-23)30(21)22(19)15-20(18)13-16(2)3/h6-7,12,14-16H,5,8-11,13H2,1-4H3,(H,27,31)(H,28,32). The van der Waals surface area contributed by atoms with E-state index in [1.54, 1.807) is 11.3 Å². The van der Waals surface area contributed by atoms with Gasteiger partial charge in [-0.1, -0.05) is 32.9 Å². The lowest BCUT2D eigenvalue weighted by atomic mass is 9.90. The molecule has 0 atom stereocenters. The molecule has 0 saturated carbocycles. The average molecular weight is 465 g/mol. The third-order valence-electron chi connectivity index (χ3n) is 6.00. The quantitative estimate of drug-likeness (QED) is 0.487. The lowest BCUT2D eigenvalue weighted by Gasteiger charge is -2.24. The van der Waals surface area contributed by atoms with E-state index in [0.29, 0.717) is 24.7 Å². The number of carbonyl (C=O) groups is 2. The number of carbonyl (C=O) groups excluding carboxylic acids is 2. The number of thiophene rings is 1. The summed E-state index contributed by atoms with van der Waals surface area (Å²) in [7, 11) is 0. The molecule has 0 bridgehead atoms. The fraction of sp³-hybridized carbons (Fsp3) is 0.423. The molecule has 1 aliphatic rings. The SMILES string of the molecule is CCc1cc2c(cc1CC(C)C)-n1c(-c3cccs3)nc(C(=O)NCCNC(C)=O)c1CC2. The number of rotatable bonds is 8. The molecule has 0 saturated heterocycles. The molecule has 0 radical (unpaired) electrons. The Morgan fingerprint density at radius 1 is 1.15 bits per heavy atom. The highest BCUT2D eigenvalue weighted by Crippen LogP contribution is 2.36. The van der Waals surface area contributed by atoms with Crippen LogP contribution in [0.5, 0.6) is 0 Å². The normalized spacial score (nSPS) is 12.4. The van der Waals surface area contributed by atoms with Gasteiger partial charge < -0.3 is 10.6 Å². The molecule has 2 N–H and O–H groups in total. The van der Waals surface area contributed by atoms with Gasteiger partial charge in [0.15, 0.2) is 5.82 Å². The second kappa shape index (κ2) is 9.91. The molecule has 0 aliphatic carbocycles. The minimum atomic E-state index is -0.192. The number of fused-ring (bicyclic) bond motifs is 3. The van der Waals surface area contributed by atoms with E-state index in [-0.39, 0.29) is 11.8 Å². The summed E-state index contributed by atoms with van der Waals surface area (Å²) in [5.74, 6) is 1.10. The molecule has 3 aromatic rings. The first-order valence-corrected chi connectivity index (χ1v) is 12.6. The Morgan fingerprint density at radius 3 is 2.61 bits per heavy atom. The number of benzene rings is 1.